The molecule has 22 aromatic rings. The number of rotatable bonds is 13. The third kappa shape index (κ3) is 11.9. The summed E-state index contributed by atoms with van der Waals surface area (Å²) in [5.74, 6) is 0. The number of thiophene rings is 2. The fraction of sp³-hybridized carbons (Fsp3) is 0.0270. The van der Waals surface area contributed by atoms with Crippen LogP contribution in [0.2, 0.25) is 0 Å². The summed E-state index contributed by atoms with van der Waals surface area (Å²) in [6.07, 6.45) is 0. The largest absolute Gasteiger partial charge is 0.311 e. The molecule has 4 heterocycles. The zero-order valence-corrected chi connectivity index (χ0v) is 66.2. The van der Waals surface area contributed by atoms with Crippen LogP contribution in [0.1, 0.15) is 25.0 Å². The van der Waals surface area contributed by atoms with E-state index in [0.717, 1.165) is 34.1 Å². The Morgan fingerprint density at radius 3 is 0.923 bits per heavy atom. The summed E-state index contributed by atoms with van der Waals surface area (Å²) in [6, 6.07) is 155. The van der Waals surface area contributed by atoms with Gasteiger partial charge in [-0.3, -0.25) is 0 Å². The van der Waals surface area contributed by atoms with E-state index in [-0.39, 0.29) is 5.41 Å². The molecule has 6 heteroatoms. The van der Waals surface area contributed by atoms with Crippen LogP contribution in [-0.2, 0) is 5.41 Å². The molecular weight excluding hydrogens is 1450 g/mol. The van der Waals surface area contributed by atoms with Crippen molar-refractivity contribution in [1.29, 1.82) is 0 Å². The molecule has 0 N–H and O–H groups in total. The molecule has 0 fully saturated rings. The number of anilines is 6. The Morgan fingerprint density at radius 2 is 0.521 bits per heavy atom. The lowest BCUT2D eigenvalue weighted by atomic mass is 9.82. The summed E-state index contributed by atoms with van der Waals surface area (Å²) in [6.45, 7) is 4.72. The highest BCUT2D eigenvalue weighted by molar-refractivity contribution is 7.27. The molecule has 117 heavy (non-hydrogen) atoms. The predicted molar refractivity (Wildman–Crippen MR) is 501 cm³/mol. The highest BCUT2D eigenvalue weighted by Gasteiger charge is 2.36. The zero-order valence-electron chi connectivity index (χ0n) is 64.5. The summed E-state index contributed by atoms with van der Waals surface area (Å²) in [5, 5.41) is 10.3. The van der Waals surface area contributed by atoms with Gasteiger partial charge < -0.3 is 18.9 Å². The smallest absolute Gasteiger partial charge is 0.0634 e. The second kappa shape index (κ2) is 28.6. The Morgan fingerprint density at radius 1 is 0.222 bits per heavy atom. The first-order chi connectivity index (χ1) is 57.8. The van der Waals surface area contributed by atoms with Crippen LogP contribution in [0.3, 0.4) is 0 Å². The molecule has 0 spiro atoms. The minimum Gasteiger partial charge on any atom is -0.311 e. The van der Waals surface area contributed by atoms with E-state index in [4.69, 9.17) is 0 Å². The molecule has 0 saturated carbocycles. The number of hydrogen-bond donors (Lipinski definition) is 0. The molecule has 0 radical (unpaired) electrons. The van der Waals surface area contributed by atoms with Gasteiger partial charge in [0.2, 0.25) is 0 Å². The van der Waals surface area contributed by atoms with Crippen LogP contribution >= 0.6 is 22.7 Å². The Hall–Kier alpha value is -14.4. The number of benzene rings is 18. The number of nitrogens with zero attached hydrogens (tertiary/aromatic N) is 4. The van der Waals surface area contributed by atoms with Gasteiger partial charge in [0.25, 0.3) is 0 Å². The second-order valence-electron chi connectivity index (χ2n) is 31.0. The van der Waals surface area contributed by atoms with E-state index in [1.807, 2.05) is 22.7 Å². The van der Waals surface area contributed by atoms with E-state index < -0.39 is 0 Å². The van der Waals surface area contributed by atoms with Crippen molar-refractivity contribution in [3.05, 3.63) is 436 Å². The lowest BCUT2D eigenvalue weighted by Crippen LogP contribution is -2.16. The van der Waals surface area contributed by atoms with Gasteiger partial charge >= 0.3 is 0 Å². The van der Waals surface area contributed by atoms with Crippen molar-refractivity contribution in [2.75, 3.05) is 9.80 Å². The van der Waals surface area contributed by atoms with Gasteiger partial charge in [-0.15, -0.1) is 22.7 Å². The van der Waals surface area contributed by atoms with Crippen molar-refractivity contribution in [3.8, 4) is 78.1 Å². The average molecular weight is 1530 g/mol. The number of para-hydroxylation sites is 4. The molecule has 0 atom stereocenters. The summed E-state index contributed by atoms with van der Waals surface area (Å²) >= 11 is 3.79. The van der Waals surface area contributed by atoms with Crippen molar-refractivity contribution in [3.63, 3.8) is 0 Å². The highest BCUT2D eigenvalue weighted by atomic mass is 32.1. The molecule has 0 saturated heterocycles. The molecule has 0 aliphatic heterocycles. The second-order valence-corrected chi connectivity index (χ2v) is 33.1. The molecule has 18 aromatic carbocycles. The topological polar surface area (TPSA) is 16.3 Å². The van der Waals surface area contributed by atoms with Crippen LogP contribution in [0.5, 0.6) is 0 Å². The van der Waals surface area contributed by atoms with E-state index in [1.165, 1.54) is 173 Å². The van der Waals surface area contributed by atoms with Gasteiger partial charge in [-0.2, -0.15) is 0 Å². The van der Waals surface area contributed by atoms with Crippen molar-refractivity contribution in [2.24, 2.45) is 0 Å². The van der Waals surface area contributed by atoms with E-state index in [9.17, 15) is 0 Å². The number of fused-ring (bicyclic) bond motifs is 17. The van der Waals surface area contributed by atoms with Gasteiger partial charge in [0.1, 0.15) is 0 Å². The summed E-state index contributed by atoms with van der Waals surface area (Å²) in [5.41, 5.74) is 31.5. The van der Waals surface area contributed by atoms with Crippen LogP contribution in [-0.4, -0.2) is 9.13 Å². The monoisotopic (exact) mass is 1530 g/mol. The lowest BCUT2D eigenvalue weighted by molar-refractivity contribution is 0.660. The first-order valence-electron chi connectivity index (χ1n) is 40.2. The predicted octanol–water partition coefficient (Wildman–Crippen LogP) is 31.9. The van der Waals surface area contributed by atoms with E-state index in [2.05, 4.69) is 457 Å². The summed E-state index contributed by atoms with van der Waals surface area (Å²) < 4.78 is 10.1. The third-order valence-corrected chi connectivity index (χ3v) is 26.4. The van der Waals surface area contributed by atoms with Crippen molar-refractivity contribution < 1.29 is 0 Å². The molecule has 552 valence electrons. The van der Waals surface area contributed by atoms with E-state index >= 15 is 0 Å². The van der Waals surface area contributed by atoms with Gasteiger partial charge in [0, 0.05) is 124 Å². The van der Waals surface area contributed by atoms with Gasteiger partial charge in [0.05, 0.1) is 22.1 Å². The van der Waals surface area contributed by atoms with E-state index in [1.54, 1.807) is 0 Å². The maximum atomic E-state index is 2.47. The van der Waals surface area contributed by atoms with E-state index in [0.29, 0.717) is 0 Å². The fourth-order valence-corrected chi connectivity index (χ4v) is 20.9. The molecule has 0 bridgehead atoms. The fourth-order valence-electron chi connectivity index (χ4n) is 18.4. The average Bonchev–Trinajstić information content (AvgIpc) is 1.55. The van der Waals surface area contributed by atoms with Crippen LogP contribution in [0.15, 0.2) is 425 Å². The molecule has 4 nitrogen and oxygen atoms in total. The van der Waals surface area contributed by atoms with Gasteiger partial charge in [-0.05, 0) is 200 Å². The van der Waals surface area contributed by atoms with Gasteiger partial charge in [0.15, 0.2) is 0 Å². The Kier molecular flexibility index (Phi) is 16.9. The Balaban J connectivity index is 0.000000142. The summed E-state index contributed by atoms with van der Waals surface area (Å²) in [4.78, 5) is 4.78. The van der Waals surface area contributed by atoms with Crippen LogP contribution in [0.25, 0.3) is 162 Å². The maximum absolute atomic E-state index is 2.47. The molecular formula is C111H76N4S2. The van der Waals surface area contributed by atoms with Crippen LogP contribution in [0, 0.1) is 0 Å². The Labute approximate surface area is 687 Å². The quantitative estimate of drug-likeness (QED) is 0.114. The molecule has 1 aliphatic carbocycles. The molecule has 1 aliphatic rings. The number of aromatic nitrogens is 2. The van der Waals surface area contributed by atoms with Crippen molar-refractivity contribution in [1.82, 2.24) is 9.13 Å². The van der Waals surface area contributed by atoms with Crippen molar-refractivity contribution >= 4 is 141 Å². The molecule has 0 unspecified atom stereocenters. The van der Waals surface area contributed by atoms with Gasteiger partial charge in [-0.25, -0.2) is 0 Å². The summed E-state index contributed by atoms with van der Waals surface area (Å²) in [7, 11) is 0. The normalized spacial score (nSPS) is 12.3. The maximum Gasteiger partial charge on any atom is 0.0634 e. The number of hydrogen-bond acceptors (Lipinski definition) is 4. The van der Waals surface area contributed by atoms with Crippen LogP contribution in [0.4, 0.5) is 34.1 Å². The van der Waals surface area contributed by atoms with Crippen LogP contribution < -0.4 is 9.80 Å². The Bertz CT molecular complexity index is 7430. The standard InChI is InChI=1S/C57H40N2S.C54H36N2S/c1-57(2)50-22-12-9-19-44(50)45-34-33-43(35-51(45)57)58(41-29-25-38(26-30-41)37-15-5-3-6-16-37)42-31-27-39(28-32-42)48-36-49-46-20-10-13-23-52(46)59(40-17-7-4-8-18-40)55(49)54-47-21-11-14-24-53(47)60-56(48)54;1-4-14-37(15-5-1)39-24-30-43(31-25-39)55(44-32-26-40(27-33-44)38-16-6-2-7-17-38)45-34-28-41(29-35-45)48-36-49-46-20-10-12-22-50(46)56(42-18-8-3-9-19-42)53(49)52-47-21-11-13-23-51(47)57-54(48)52/h3-36H,1-2H3;1-36H. The zero-order chi connectivity index (χ0) is 77.7. The highest BCUT2D eigenvalue weighted by Crippen LogP contribution is 2.54. The first kappa shape index (κ1) is 69.3. The SMILES string of the molecule is CC1(C)c2ccccc2-c2ccc(N(c3ccc(-c4ccccc4)cc3)c3ccc(-c4cc5c6ccccc6n(-c6ccccc6)c5c5c4sc4ccccc45)cc3)cc21.c1ccc(-c2ccc(N(c3ccc(-c4ccccc4)cc3)c3ccc(-c4cc5c6ccccc6n(-c6ccccc6)c5c5c4sc4ccccc45)cc3)cc2)cc1. The minimum absolute atomic E-state index is 0.105. The lowest BCUT2D eigenvalue weighted by Gasteiger charge is -2.28. The minimum atomic E-state index is -0.105. The van der Waals surface area contributed by atoms with Gasteiger partial charge in [-0.1, -0.05) is 305 Å². The van der Waals surface area contributed by atoms with Crippen molar-refractivity contribution in [2.45, 2.75) is 19.3 Å². The molecule has 4 aromatic heterocycles. The molecule has 23 rings (SSSR count). The molecule has 0 amide bonds. The third-order valence-electron chi connectivity index (χ3n) is 24.0. The first-order valence-corrected chi connectivity index (χ1v) is 41.8.